The Kier molecular flexibility index (Phi) is 3.46. The zero-order valence-electron chi connectivity index (χ0n) is 9.19. The fourth-order valence-electron chi connectivity index (χ4n) is 1.41. The molecule has 1 atom stereocenters. The van der Waals surface area contributed by atoms with E-state index in [4.69, 9.17) is 5.26 Å². The molecular weight excluding hydrogens is 188 g/mol. The van der Waals surface area contributed by atoms with E-state index in [0.717, 1.165) is 11.1 Å². The molecule has 1 unspecified atom stereocenters. The molecule has 0 heterocycles. The van der Waals surface area contributed by atoms with E-state index >= 15 is 0 Å². The molecule has 0 aliphatic rings. The summed E-state index contributed by atoms with van der Waals surface area (Å²) in [5.74, 6) is -0.108. The second kappa shape index (κ2) is 4.61. The second-order valence-electron chi connectivity index (χ2n) is 3.58. The van der Waals surface area contributed by atoms with Crippen molar-refractivity contribution in [1.29, 1.82) is 5.26 Å². The fraction of sp³-hybridized carbons (Fsp3) is 0.333. The first-order chi connectivity index (χ1) is 7.06. The summed E-state index contributed by atoms with van der Waals surface area (Å²) in [6.07, 6.45) is 0. The maximum absolute atomic E-state index is 11.2. The third kappa shape index (κ3) is 2.57. The number of amides is 1. The van der Waals surface area contributed by atoms with E-state index in [1.165, 1.54) is 11.8 Å². The van der Waals surface area contributed by atoms with Crippen molar-refractivity contribution in [3.05, 3.63) is 35.4 Å². The summed E-state index contributed by atoms with van der Waals surface area (Å²) in [4.78, 5) is 12.6. The molecule has 0 radical (unpaired) electrons. The van der Waals surface area contributed by atoms with Crippen LogP contribution in [0.3, 0.4) is 0 Å². The smallest absolute Gasteiger partial charge is 0.220 e. The Labute approximate surface area is 89.9 Å². The van der Waals surface area contributed by atoms with Gasteiger partial charge in [0.05, 0.1) is 6.07 Å². The van der Waals surface area contributed by atoms with Gasteiger partial charge in [-0.2, -0.15) is 5.26 Å². The van der Waals surface area contributed by atoms with Crippen molar-refractivity contribution in [2.24, 2.45) is 0 Å². The van der Waals surface area contributed by atoms with Crippen molar-refractivity contribution in [3.8, 4) is 6.07 Å². The lowest BCUT2D eigenvalue weighted by Crippen LogP contribution is -2.28. The molecule has 0 aromatic heterocycles. The summed E-state index contributed by atoms with van der Waals surface area (Å²) in [6.45, 7) is 3.42. The average molecular weight is 202 g/mol. The van der Waals surface area contributed by atoms with Crippen molar-refractivity contribution in [3.63, 3.8) is 0 Å². The van der Waals surface area contributed by atoms with Gasteiger partial charge in [0.2, 0.25) is 5.91 Å². The standard InChI is InChI=1S/C12H14N2O/c1-9-5-4-6-11(7-9)12(8-13)14(3)10(2)15/h4-7,12H,1-3H3. The molecule has 1 amide bonds. The molecule has 15 heavy (non-hydrogen) atoms. The molecule has 0 saturated carbocycles. The van der Waals surface area contributed by atoms with Gasteiger partial charge in [-0.1, -0.05) is 29.8 Å². The number of hydrogen-bond acceptors (Lipinski definition) is 2. The zero-order chi connectivity index (χ0) is 11.4. The Morgan fingerprint density at radius 3 is 2.67 bits per heavy atom. The molecular formula is C12H14N2O. The fourth-order valence-corrected chi connectivity index (χ4v) is 1.41. The predicted molar refractivity (Wildman–Crippen MR) is 58.0 cm³/mol. The molecule has 0 bridgehead atoms. The molecule has 0 aliphatic carbocycles. The zero-order valence-corrected chi connectivity index (χ0v) is 9.19. The van der Waals surface area contributed by atoms with Crippen molar-refractivity contribution < 1.29 is 4.79 Å². The van der Waals surface area contributed by atoms with Crippen LogP contribution in [0.15, 0.2) is 24.3 Å². The molecule has 1 aromatic carbocycles. The van der Waals surface area contributed by atoms with Gasteiger partial charge in [0, 0.05) is 14.0 Å². The highest BCUT2D eigenvalue weighted by Crippen LogP contribution is 2.19. The quantitative estimate of drug-likeness (QED) is 0.736. The number of benzene rings is 1. The summed E-state index contributed by atoms with van der Waals surface area (Å²) in [5, 5.41) is 9.05. The van der Waals surface area contributed by atoms with Gasteiger partial charge in [-0.25, -0.2) is 0 Å². The van der Waals surface area contributed by atoms with E-state index in [1.807, 2.05) is 31.2 Å². The second-order valence-corrected chi connectivity index (χ2v) is 3.58. The first-order valence-electron chi connectivity index (χ1n) is 4.76. The summed E-state index contributed by atoms with van der Waals surface area (Å²) in [6, 6.07) is 9.28. The number of carbonyl (C=O) groups is 1. The van der Waals surface area contributed by atoms with Crippen LogP contribution in [-0.2, 0) is 4.79 Å². The van der Waals surface area contributed by atoms with Crippen molar-refractivity contribution in [2.45, 2.75) is 19.9 Å². The third-order valence-corrected chi connectivity index (χ3v) is 2.36. The van der Waals surface area contributed by atoms with Gasteiger partial charge in [0.15, 0.2) is 0 Å². The Hall–Kier alpha value is -1.82. The minimum atomic E-state index is -0.498. The van der Waals surface area contributed by atoms with E-state index < -0.39 is 6.04 Å². The minimum absolute atomic E-state index is 0.108. The van der Waals surface area contributed by atoms with Gasteiger partial charge in [0.1, 0.15) is 6.04 Å². The van der Waals surface area contributed by atoms with E-state index in [-0.39, 0.29) is 5.91 Å². The predicted octanol–water partition coefficient (Wildman–Crippen LogP) is 2.04. The van der Waals surface area contributed by atoms with Crippen LogP contribution in [0.4, 0.5) is 0 Å². The molecule has 0 N–H and O–H groups in total. The number of carbonyl (C=O) groups excluding carboxylic acids is 1. The van der Waals surface area contributed by atoms with Crippen molar-refractivity contribution in [2.75, 3.05) is 7.05 Å². The maximum atomic E-state index is 11.2. The van der Waals surface area contributed by atoms with E-state index in [1.54, 1.807) is 7.05 Å². The maximum Gasteiger partial charge on any atom is 0.220 e. The highest BCUT2D eigenvalue weighted by Gasteiger charge is 2.18. The highest BCUT2D eigenvalue weighted by atomic mass is 16.2. The van der Waals surface area contributed by atoms with Crippen LogP contribution in [0.5, 0.6) is 0 Å². The molecule has 1 rings (SSSR count). The van der Waals surface area contributed by atoms with Crippen LogP contribution in [0.2, 0.25) is 0 Å². The molecule has 0 aliphatic heterocycles. The van der Waals surface area contributed by atoms with Crippen molar-refractivity contribution >= 4 is 5.91 Å². The minimum Gasteiger partial charge on any atom is -0.326 e. The number of nitrogens with zero attached hydrogens (tertiary/aromatic N) is 2. The Morgan fingerprint density at radius 1 is 1.53 bits per heavy atom. The number of aryl methyl sites for hydroxylation is 1. The van der Waals surface area contributed by atoms with Crippen LogP contribution in [0, 0.1) is 18.3 Å². The lowest BCUT2D eigenvalue weighted by molar-refractivity contribution is -0.128. The van der Waals surface area contributed by atoms with Crippen LogP contribution in [0.1, 0.15) is 24.1 Å². The number of hydrogen-bond donors (Lipinski definition) is 0. The van der Waals surface area contributed by atoms with Gasteiger partial charge >= 0.3 is 0 Å². The molecule has 1 aromatic rings. The molecule has 3 heteroatoms. The van der Waals surface area contributed by atoms with Gasteiger partial charge in [-0.05, 0) is 12.5 Å². The number of nitriles is 1. The lowest BCUT2D eigenvalue weighted by Gasteiger charge is -2.21. The van der Waals surface area contributed by atoms with Crippen LogP contribution in [-0.4, -0.2) is 17.9 Å². The summed E-state index contributed by atoms with van der Waals surface area (Å²) in [5.41, 5.74) is 1.94. The normalized spacial score (nSPS) is 11.6. The van der Waals surface area contributed by atoms with E-state index in [9.17, 15) is 4.79 Å². The first kappa shape index (κ1) is 11.3. The topological polar surface area (TPSA) is 44.1 Å². The van der Waals surface area contributed by atoms with E-state index in [0.29, 0.717) is 0 Å². The Morgan fingerprint density at radius 2 is 2.20 bits per heavy atom. The van der Waals surface area contributed by atoms with Gasteiger partial charge < -0.3 is 4.90 Å². The molecule has 3 nitrogen and oxygen atoms in total. The lowest BCUT2D eigenvalue weighted by atomic mass is 10.0. The molecule has 0 fully saturated rings. The average Bonchev–Trinajstić information content (AvgIpc) is 2.18. The van der Waals surface area contributed by atoms with E-state index in [2.05, 4.69) is 6.07 Å². The first-order valence-corrected chi connectivity index (χ1v) is 4.76. The van der Waals surface area contributed by atoms with Crippen molar-refractivity contribution in [1.82, 2.24) is 4.90 Å². The number of rotatable bonds is 2. The SMILES string of the molecule is CC(=O)N(C)C(C#N)c1cccc(C)c1. The molecule has 0 saturated heterocycles. The monoisotopic (exact) mass is 202 g/mol. The van der Waals surface area contributed by atoms with Crippen LogP contribution >= 0.6 is 0 Å². The Balaban J connectivity index is 3.04. The van der Waals surface area contributed by atoms with Gasteiger partial charge in [0.25, 0.3) is 0 Å². The van der Waals surface area contributed by atoms with Crippen LogP contribution in [0.25, 0.3) is 0 Å². The third-order valence-electron chi connectivity index (χ3n) is 2.36. The molecule has 0 spiro atoms. The highest BCUT2D eigenvalue weighted by molar-refractivity contribution is 5.73. The molecule has 78 valence electrons. The summed E-state index contributed by atoms with van der Waals surface area (Å²) >= 11 is 0. The van der Waals surface area contributed by atoms with Gasteiger partial charge in [-0.15, -0.1) is 0 Å². The largest absolute Gasteiger partial charge is 0.326 e. The van der Waals surface area contributed by atoms with Gasteiger partial charge in [-0.3, -0.25) is 4.79 Å². The van der Waals surface area contributed by atoms with Crippen LogP contribution < -0.4 is 0 Å². The summed E-state index contributed by atoms with van der Waals surface area (Å²) < 4.78 is 0. The Bertz CT molecular complexity index is 406. The summed E-state index contributed by atoms with van der Waals surface area (Å²) in [7, 11) is 1.64.